The molecule has 5 heteroatoms. The standard InChI is InChI=1S/C25H37N3O2/c1-2-6-21(5-1)28-15-11-23-24(28)7-3-8-25(23)30-22-9-13-27(14-10-22)17-16-26-12-4-19-29-20-18-26/h3,7-8,11,15,21-22H,1-2,4-6,9-10,12-14,16-20H2. The van der Waals surface area contributed by atoms with Gasteiger partial charge in [0.05, 0.1) is 12.1 Å². The first-order chi connectivity index (χ1) is 14.9. The highest BCUT2D eigenvalue weighted by atomic mass is 16.5. The number of aromatic nitrogens is 1. The van der Waals surface area contributed by atoms with Crippen LogP contribution in [0.5, 0.6) is 5.75 Å². The van der Waals surface area contributed by atoms with Gasteiger partial charge < -0.3 is 18.9 Å². The number of piperidine rings is 1. The Morgan fingerprint density at radius 1 is 0.833 bits per heavy atom. The topological polar surface area (TPSA) is 29.9 Å². The van der Waals surface area contributed by atoms with E-state index in [-0.39, 0.29) is 0 Å². The molecule has 5 rings (SSSR count). The maximum atomic E-state index is 6.54. The van der Waals surface area contributed by atoms with E-state index in [2.05, 4.69) is 44.8 Å². The molecule has 1 aromatic heterocycles. The molecule has 0 atom stereocenters. The molecule has 30 heavy (non-hydrogen) atoms. The molecule has 3 aliphatic rings. The summed E-state index contributed by atoms with van der Waals surface area (Å²) in [6.45, 7) is 8.73. The van der Waals surface area contributed by atoms with Crippen molar-refractivity contribution in [1.82, 2.24) is 14.4 Å². The van der Waals surface area contributed by atoms with Crippen molar-refractivity contribution in [2.45, 2.75) is 57.1 Å². The van der Waals surface area contributed by atoms with Crippen molar-refractivity contribution >= 4 is 10.9 Å². The van der Waals surface area contributed by atoms with Crippen LogP contribution in [0.2, 0.25) is 0 Å². The van der Waals surface area contributed by atoms with Gasteiger partial charge in [0.25, 0.3) is 0 Å². The second kappa shape index (κ2) is 9.71. The van der Waals surface area contributed by atoms with E-state index in [0.717, 1.165) is 51.4 Å². The summed E-state index contributed by atoms with van der Waals surface area (Å²) in [5.74, 6) is 1.08. The van der Waals surface area contributed by atoms with Crippen LogP contribution < -0.4 is 4.74 Å². The van der Waals surface area contributed by atoms with Crippen molar-refractivity contribution in [2.75, 3.05) is 52.5 Å². The predicted octanol–water partition coefficient (Wildman–Crippen LogP) is 4.32. The zero-order valence-electron chi connectivity index (χ0n) is 18.3. The van der Waals surface area contributed by atoms with E-state index in [1.165, 1.54) is 62.6 Å². The van der Waals surface area contributed by atoms with Crippen LogP contribution in [0.1, 0.15) is 51.0 Å². The van der Waals surface area contributed by atoms with Crippen LogP contribution in [0.3, 0.4) is 0 Å². The fourth-order valence-corrected chi connectivity index (χ4v) is 5.50. The van der Waals surface area contributed by atoms with E-state index in [1.807, 2.05) is 0 Å². The third-order valence-electron chi connectivity index (χ3n) is 7.32. The molecule has 2 saturated heterocycles. The summed E-state index contributed by atoms with van der Waals surface area (Å²) in [4.78, 5) is 5.17. The zero-order valence-corrected chi connectivity index (χ0v) is 18.3. The van der Waals surface area contributed by atoms with E-state index >= 15 is 0 Å². The van der Waals surface area contributed by atoms with Gasteiger partial charge >= 0.3 is 0 Å². The van der Waals surface area contributed by atoms with E-state index in [9.17, 15) is 0 Å². The van der Waals surface area contributed by atoms with Gasteiger partial charge in [-0.15, -0.1) is 0 Å². The molecule has 5 nitrogen and oxygen atoms in total. The van der Waals surface area contributed by atoms with Crippen LogP contribution in [0.25, 0.3) is 10.9 Å². The first-order valence-corrected chi connectivity index (χ1v) is 12.2. The number of nitrogens with zero attached hydrogens (tertiary/aromatic N) is 3. The Bertz CT molecular complexity index is 798. The van der Waals surface area contributed by atoms with Crippen LogP contribution in [-0.2, 0) is 4.74 Å². The monoisotopic (exact) mass is 411 g/mol. The number of ether oxygens (including phenoxy) is 2. The Morgan fingerprint density at radius 3 is 2.47 bits per heavy atom. The van der Waals surface area contributed by atoms with Crippen molar-refractivity contribution in [3.63, 3.8) is 0 Å². The number of hydrogen-bond donors (Lipinski definition) is 0. The van der Waals surface area contributed by atoms with Crippen molar-refractivity contribution in [3.8, 4) is 5.75 Å². The molecule has 1 aliphatic carbocycles. The molecule has 1 aromatic carbocycles. The molecule has 2 aliphatic heterocycles. The summed E-state index contributed by atoms with van der Waals surface area (Å²) in [5.41, 5.74) is 1.35. The second-order valence-corrected chi connectivity index (χ2v) is 9.32. The van der Waals surface area contributed by atoms with Gasteiger partial charge in [-0.2, -0.15) is 0 Å². The quantitative estimate of drug-likeness (QED) is 0.708. The summed E-state index contributed by atoms with van der Waals surface area (Å²) in [7, 11) is 0. The van der Waals surface area contributed by atoms with Gasteiger partial charge in [-0.3, -0.25) is 4.90 Å². The number of hydrogen-bond acceptors (Lipinski definition) is 4. The maximum Gasteiger partial charge on any atom is 0.129 e. The summed E-state index contributed by atoms with van der Waals surface area (Å²) >= 11 is 0. The number of benzene rings is 1. The highest BCUT2D eigenvalue weighted by Crippen LogP contribution is 2.36. The summed E-state index contributed by atoms with van der Waals surface area (Å²) < 4.78 is 14.6. The average molecular weight is 412 g/mol. The smallest absolute Gasteiger partial charge is 0.129 e. The first-order valence-electron chi connectivity index (χ1n) is 12.2. The minimum atomic E-state index is 0.341. The van der Waals surface area contributed by atoms with Gasteiger partial charge in [-0.25, -0.2) is 0 Å². The van der Waals surface area contributed by atoms with E-state index < -0.39 is 0 Å². The molecular weight excluding hydrogens is 374 g/mol. The Hall–Kier alpha value is -1.56. The normalized spacial score (nSPS) is 23.2. The minimum Gasteiger partial charge on any atom is -0.490 e. The molecule has 2 aromatic rings. The van der Waals surface area contributed by atoms with E-state index in [4.69, 9.17) is 9.47 Å². The molecule has 3 heterocycles. The Balaban J connectivity index is 1.14. The zero-order chi connectivity index (χ0) is 20.2. The molecule has 0 N–H and O–H groups in total. The summed E-state index contributed by atoms with van der Waals surface area (Å²) in [5, 5.41) is 1.29. The fraction of sp³-hybridized carbons (Fsp3) is 0.680. The SMILES string of the molecule is c1cc(OC2CCN(CCN3CCCOCC3)CC2)c2ccn(C3CCCC3)c2c1. The first kappa shape index (κ1) is 20.3. The summed E-state index contributed by atoms with van der Waals surface area (Å²) in [6, 6.07) is 9.54. The second-order valence-electron chi connectivity index (χ2n) is 9.32. The van der Waals surface area contributed by atoms with E-state index in [1.54, 1.807) is 0 Å². The van der Waals surface area contributed by atoms with Gasteiger partial charge in [0.1, 0.15) is 11.9 Å². The molecule has 0 spiro atoms. The number of rotatable bonds is 6. The Kier molecular flexibility index (Phi) is 6.59. The minimum absolute atomic E-state index is 0.341. The molecule has 0 bridgehead atoms. The highest BCUT2D eigenvalue weighted by molar-refractivity contribution is 5.86. The lowest BCUT2D eigenvalue weighted by molar-refractivity contribution is 0.0924. The molecule has 3 fully saturated rings. The molecule has 0 amide bonds. The van der Waals surface area contributed by atoms with Gasteiger partial charge in [-0.05, 0) is 50.3 Å². The molecule has 1 saturated carbocycles. The maximum absolute atomic E-state index is 6.54. The van der Waals surface area contributed by atoms with Crippen molar-refractivity contribution in [3.05, 3.63) is 30.5 Å². The van der Waals surface area contributed by atoms with Crippen LogP contribution in [-0.4, -0.2) is 73.0 Å². The fourth-order valence-electron chi connectivity index (χ4n) is 5.50. The van der Waals surface area contributed by atoms with Gasteiger partial charge in [-0.1, -0.05) is 18.9 Å². The number of fused-ring (bicyclic) bond motifs is 1. The van der Waals surface area contributed by atoms with Crippen LogP contribution >= 0.6 is 0 Å². The van der Waals surface area contributed by atoms with Gasteiger partial charge in [0.15, 0.2) is 0 Å². The van der Waals surface area contributed by atoms with Gasteiger partial charge in [0, 0.05) is 63.5 Å². The van der Waals surface area contributed by atoms with Crippen molar-refractivity contribution in [2.24, 2.45) is 0 Å². The average Bonchev–Trinajstić information content (AvgIpc) is 3.38. The van der Waals surface area contributed by atoms with Crippen LogP contribution in [0.15, 0.2) is 30.5 Å². The Labute approximate surface area is 180 Å². The van der Waals surface area contributed by atoms with E-state index in [0.29, 0.717) is 12.1 Å². The molecule has 164 valence electrons. The third kappa shape index (κ3) is 4.68. The molecule has 0 radical (unpaired) electrons. The lowest BCUT2D eigenvalue weighted by Gasteiger charge is -2.33. The van der Waals surface area contributed by atoms with Gasteiger partial charge in [0.2, 0.25) is 0 Å². The number of likely N-dealkylation sites (tertiary alicyclic amines) is 1. The summed E-state index contributed by atoms with van der Waals surface area (Å²) in [6.07, 6.45) is 11.4. The predicted molar refractivity (Wildman–Crippen MR) is 121 cm³/mol. The van der Waals surface area contributed by atoms with Crippen LogP contribution in [0, 0.1) is 0 Å². The lowest BCUT2D eigenvalue weighted by Crippen LogP contribution is -2.42. The third-order valence-corrected chi connectivity index (χ3v) is 7.32. The molecule has 0 unspecified atom stereocenters. The lowest BCUT2D eigenvalue weighted by atomic mass is 10.1. The van der Waals surface area contributed by atoms with Crippen LogP contribution in [0.4, 0.5) is 0 Å². The Morgan fingerprint density at radius 2 is 1.63 bits per heavy atom. The van der Waals surface area contributed by atoms with Crippen molar-refractivity contribution < 1.29 is 9.47 Å². The largest absolute Gasteiger partial charge is 0.490 e. The molecular formula is C25H37N3O2. The highest BCUT2D eigenvalue weighted by Gasteiger charge is 2.23. The van der Waals surface area contributed by atoms with Crippen molar-refractivity contribution in [1.29, 1.82) is 0 Å².